The highest BCUT2D eigenvalue weighted by Gasteiger charge is 2.25. The van der Waals surface area contributed by atoms with E-state index in [1.54, 1.807) is 14.0 Å². The Morgan fingerprint density at radius 3 is 2.85 bits per heavy atom. The predicted molar refractivity (Wildman–Crippen MR) is 69.9 cm³/mol. The second-order valence-corrected chi connectivity index (χ2v) is 4.92. The van der Waals surface area contributed by atoms with Crippen molar-refractivity contribution in [3.8, 4) is 0 Å². The summed E-state index contributed by atoms with van der Waals surface area (Å²) in [5.41, 5.74) is 0.276. The van der Waals surface area contributed by atoms with Gasteiger partial charge in [0.15, 0.2) is 5.03 Å². The van der Waals surface area contributed by atoms with Crippen molar-refractivity contribution in [1.82, 2.24) is 14.8 Å². The topological polar surface area (TPSA) is 111 Å². The molecule has 0 unspecified atom stereocenters. The Morgan fingerprint density at radius 2 is 2.25 bits per heavy atom. The van der Waals surface area contributed by atoms with Crippen molar-refractivity contribution in [2.75, 3.05) is 0 Å². The van der Waals surface area contributed by atoms with Gasteiger partial charge in [0.2, 0.25) is 0 Å². The van der Waals surface area contributed by atoms with Crippen LogP contribution in [-0.2, 0) is 7.05 Å². The Hall–Kier alpha value is -2.42. The molecule has 20 heavy (non-hydrogen) atoms. The molecule has 0 aliphatic rings. The average Bonchev–Trinajstić information content (AvgIpc) is 2.64. The Morgan fingerprint density at radius 1 is 1.55 bits per heavy atom. The van der Waals surface area contributed by atoms with Gasteiger partial charge in [0.25, 0.3) is 0 Å². The van der Waals surface area contributed by atoms with Gasteiger partial charge in [0.05, 0.1) is 10.5 Å². The first-order valence-electron chi connectivity index (χ1n) is 5.45. The van der Waals surface area contributed by atoms with Crippen LogP contribution in [0.3, 0.4) is 0 Å². The summed E-state index contributed by atoms with van der Waals surface area (Å²) in [5, 5.41) is 24.6. The number of rotatable bonds is 4. The number of nitrogens with zero attached hydrogens (tertiary/aromatic N) is 4. The van der Waals surface area contributed by atoms with E-state index >= 15 is 0 Å². The van der Waals surface area contributed by atoms with E-state index in [1.165, 1.54) is 23.0 Å². The molecule has 0 spiro atoms. The molecule has 2 aromatic heterocycles. The Balaban J connectivity index is 2.42. The van der Waals surface area contributed by atoms with Gasteiger partial charge >= 0.3 is 11.7 Å². The van der Waals surface area contributed by atoms with E-state index in [2.05, 4.69) is 10.1 Å². The van der Waals surface area contributed by atoms with Crippen LogP contribution in [0, 0.1) is 17.0 Å². The third-order valence-corrected chi connectivity index (χ3v) is 3.59. The average molecular weight is 294 g/mol. The molecule has 2 rings (SSSR count). The zero-order chi connectivity index (χ0) is 14.9. The zero-order valence-corrected chi connectivity index (χ0v) is 11.4. The second kappa shape index (κ2) is 5.29. The highest BCUT2D eigenvalue weighted by Crippen LogP contribution is 2.35. The maximum absolute atomic E-state index is 11.0. The summed E-state index contributed by atoms with van der Waals surface area (Å²) in [5.74, 6) is -1.08. The van der Waals surface area contributed by atoms with Crippen LogP contribution in [0.1, 0.15) is 16.1 Å². The molecule has 0 saturated carbocycles. The fourth-order valence-electron chi connectivity index (χ4n) is 1.65. The lowest BCUT2D eigenvalue weighted by Crippen LogP contribution is -1.98. The summed E-state index contributed by atoms with van der Waals surface area (Å²) in [6.07, 6.45) is 1.35. The molecule has 2 heterocycles. The molecule has 0 saturated heterocycles. The molecule has 9 heteroatoms. The van der Waals surface area contributed by atoms with Gasteiger partial charge in [-0.1, -0.05) is 0 Å². The second-order valence-electron chi connectivity index (χ2n) is 3.91. The number of aromatic nitrogens is 3. The summed E-state index contributed by atoms with van der Waals surface area (Å²) in [6.45, 7) is 1.54. The van der Waals surface area contributed by atoms with Crippen molar-refractivity contribution in [3.05, 3.63) is 39.7 Å². The minimum atomic E-state index is -1.08. The Labute approximate surface area is 117 Å². The van der Waals surface area contributed by atoms with Crippen LogP contribution in [0.4, 0.5) is 5.69 Å². The van der Waals surface area contributed by atoms with Crippen molar-refractivity contribution in [2.24, 2.45) is 7.05 Å². The molecule has 0 aromatic carbocycles. The van der Waals surface area contributed by atoms with Crippen LogP contribution in [-0.4, -0.2) is 30.8 Å². The van der Waals surface area contributed by atoms with Crippen molar-refractivity contribution in [2.45, 2.75) is 17.0 Å². The van der Waals surface area contributed by atoms with E-state index in [0.717, 1.165) is 11.8 Å². The van der Waals surface area contributed by atoms with Gasteiger partial charge in [-0.3, -0.25) is 14.8 Å². The minimum Gasteiger partial charge on any atom is -0.478 e. The van der Waals surface area contributed by atoms with E-state index < -0.39 is 10.9 Å². The molecule has 0 aliphatic carbocycles. The first-order chi connectivity index (χ1) is 9.40. The van der Waals surface area contributed by atoms with Crippen LogP contribution in [0.15, 0.2) is 28.4 Å². The van der Waals surface area contributed by atoms with Crippen LogP contribution < -0.4 is 0 Å². The van der Waals surface area contributed by atoms with Crippen molar-refractivity contribution in [1.29, 1.82) is 0 Å². The number of carboxylic acid groups (broad SMARTS) is 1. The van der Waals surface area contributed by atoms with Crippen molar-refractivity contribution < 1.29 is 14.8 Å². The van der Waals surface area contributed by atoms with Gasteiger partial charge in [-0.25, -0.2) is 9.78 Å². The quantitative estimate of drug-likeness (QED) is 0.676. The first-order valence-corrected chi connectivity index (χ1v) is 6.27. The van der Waals surface area contributed by atoms with E-state index in [-0.39, 0.29) is 11.3 Å². The summed E-state index contributed by atoms with van der Waals surface area (Å²) < 4.78 is 1.38. The number of carbonyl (C=O) groups is 1. The van der Waals surface area contributed by atoms with Gasteiger partial charge in [-0.2, -0.15) is 5.10 Å². The SMILES string of the molecule is Cc1nn(C)c(Sc2cc(C(=O)O)ccn2)c1[N+](=O)[O-]. The molecule has 0 aliphatic heterocycles. The molecule has 1 N–H and O–H groups in total. The van der Waals surface area contributed by atoms with Gasteiger partial charge in [0, 0.05) is 13.2 Å². The summed E-state index contributed by atoms with van der Waals surface area (Å²) in [7, 11) is 1.59. The van der Waals surface area contributed by atoms with E-state index in [4.69, 9.17) is 5.11 Å². The molecule has 0 atom stereocenters. The molecule has 104 valence electrons. The van der Waals surface area contributed by atoms with Crippen molar-refractivity contribution in [3.63, 3.8) is 0 Å². The van der Waals surface area contributed by atoms with Gasteiger partial charge in [-0.15, -0.1) is 0 Å². The van der Waals surface area contributed by atoms with E-state index in [9.17, 15) is 14.9 Å². The maximum Gasteiger partial charge on any atom is 0.335 e. The molecule has 0 bridgehead atoms. The largest absolute Gasteiger partial charge is 0.478 e. The lowest BCUT2D eigenvalue weighted by molar-refractivity contribution is -0.388. The predicted octanol–water partition coefficient (Wildman–Crippen LogP) is 1.88. The van der Waals surface area contributed by atoms with Gasteiger partial charge in [0.1, 0.15) is 10.7 Å². The molecule has 0 radical (unpaired) electrons. The number of hydrogen-bond acceptors (Lipinski definition) is 6. The number of nitro groups is 1. The number of aryl methyl sites for hydroxylation is 2. The smallest absolute Gasteiger partial charge is 0.335 e. The molecular weight excluding hydrogens is 284 g/mol. The van der Waals surface area contributed by atoms with Gasteiger partial charge in [-0.05, 0) is 30.8 Å². The number of carboxylic acids is 1. The molecule has 8 nitrogen and oxygen atoms in total. The fourth-order valence-corrected chi connectivity index (χ4v) is 2.64. The zero-order valence-electron chi connectivity index (χ0n) is 10.6. The highest BCUT2D eigenvalue weighted by molar-refractivity contribution is 7.99. The Kier molecular flexibility index (Phi) is 3.70. The molecule has 0 fully saturated rings. The lowest BCUT2D eigenvalue weighted by Gasteiger charge is -2.02. The minimum absolute atomic E-state index is 0.0732. The number of pyridine rings is 1. The molecule has 0 amide bonds. The van der Waals surface area contributed by atoms with E-state index in [0.29, 0.717) is 15.7 Å². The summed E-state index contributed by atoms with van der Waals surface area (Å²) >= 11 is 1.01. The third-order valence-electron chi connectivity index (χ3n) is 2.50. The highest BCUT2D eigenvalue weighted by atomic mass is 32.2. The van der Waals surface area contributed by atoms with Crippen LogP contribution >= 0.6 is 11.8 Å². The summed E-state index contributed by atoms with van der Waals surface area (Å²) in [4.78, 5) is 25.4. The van der Waals surface area contributed by atoms with E-state index in [1.807, 2.05) is 0 Å². The fraction of sp³-hybridized carbons (Fsp3) is 0.182. The number of hydrogen-bond donors (Lipinski definition) is 1. The first kappa shape index (κ1) is 14.0. The third kappa shape index (κ3) is 2.62. The molecule has 2 aromatic rings. The summed E-state index contributed by atoms with van der Waals surface area (Å²) in [6, 6.07) is 2.72. The normalized spacial score (nSPS) is 10.5. The monoisotopic (exact) mass is 294 g/mol. The van der Waals surface area contributed by atoms with Crippen LogP contribution in [0.2, 0.25) is 0 Å². The number of aromatic carboxylic acids is 1. The standard InChI is InChI=1S/C11H10N4O4S/c1-6-9(15(18)19)10(14(2)13-6)20-8-5-7(11(16)17)3-4-12-8/h3-5H,1-2H3,(H,16,17). The van der Waals surface area contributed by atoms with Crippen molar-refractivity contribution >= 4 is 23.4 Å². The lowest BCUT2D eigenvalue weighted by atomic mass is 10.3. The van der Waals surface area contributed by atoms with Crippen LogP contribution in [0.5, 0.6) is 0 Å². The maximum atomic E-state index is 11.0. The Bertz CT molecular complexity index is 698. The molecular formula is C11H10N4O4S. The van der Waals surface area contributed by atoms with Gasteiger partial charge < -0.3 is 5.11 Å². The van der Waals surface area contributed by atoms with Crippen LogP contribution in [0.25, 0.3) is 0 Å².